The Bertz CT molecular complexity index is 3550. The summed E-state index contributed by atoms with van der Waals surface area (Å²) >= 11 is 1.88. The number of fused-ring (bicyclic) bond motifs is 7. The van der Waals surface area contributed by atoms with Crippen LogP contribution in [0.15, 0.2) is 231 Å². The second-order valence-corrected chi connectivity index (χ2v) is 16.7. The highest BCUT2D eigenvalue weighted by Gasteiger charge is 2.21. The Labute approximate surface area is 358 Å². The normalized spacial score (nSPS) is 11.6. The van der Waals surface area contributed by atoms with Crippen molar-refractivity contribution in [2.45, 2.75) is 0 Å². The van der Waals surface area contributed by atoms with Crippen molar-refractivity contribution in [1.29, 1.82) is 0 Å². The van der Waals surface area contributed by atoms with Gasteiger partial charge in [-0.1, -0.05) is 176 Å². The maximum atomic E-state index is 2.44. The fourth-order valence-corrected chi connectivity index (χ4v) is 10.7. The van der Waals surface area contributed by atoms with Crippen molar-refractivity contribution in [3.05, 3.63) is 231 Å². The molecule has 2 heterocycles. The molecule has 0 saturated heterocycles. The van der Waals surface area contributed by atoms with Crippen LogP contribution in [0.4, 0.5) is 17.1 Å². The summed E-state index contributed by atoms with van der Waals surface area (Å²) in [5.74, 6) is 0. The van der Waals surface area contributed by atoms with Crippen LogP contribution in [0.1, 0.15) is 0 Å². The van der Waals surface area contributed by atoms with E-state index in [4.69, 9.17) is 0 Å². The molecular weight excluding hydrogens is 757 g/mol. The van der Waals surface area contributed by atoms with Gasteiger partial charge in [0.15, 0.2) is 0 Å². The van der Waals surface area contributed by atoms with E-state index in [1.54, 1.807) is 0 Å². The molecule has 0 aliphatic heterocycles. The average Bonchev–Trinajstić information content (AvgIpc) is 3.88. The molecule has 12 aromatic rings. The highest BCUT2D eigenvalue weighted by molar-refractivity contribution is 7.26. The van der Waals surface area contributed by atoms with E-state index in [2.05, 4.69) is 240 Å². The Balaban J connectivity index is 1.04. The molecule has 286 valence electrons. The van der Waals surface area contributed by atoms with Crippen LogP contribution in [0.2, 0.25) is 0 Å². The maximum absolute atomic E-state index is 2.44. The molecule has 0 saturated carbocycles. The number of thiophene rings is 1. The highest BCUT2D eigenvalue weighted by Crippen LogP contribution is 2.47. The molecule has 0 bridgehead atoms. The van der Waals surface area contributed by atoms with Crippen LogP contribution in [-0.2, 0) is 0 Å². The summed E-state index contributed by atoms with van der Waals surface area (Å²) in [6.45, 7) is 0. The Hall–Kier alpha value is -7.72. The van der Waals surface area contributed by atoms with Gasteiger partial charge in [-0.2, -0.15) is 0 Å². The standard InChI is InChI=1S/C58H38N2S/c1-2-20-44-39(16-1)17-14-26-45(44)41-18-13-19-43(38-41)59(54-30-9-6-24-49(54)51-27-15-28-52-50-25-7-12-33-57(50)61-58(51)52)42-36-34-40(35-37-42)46-21-3-8-29-53(46)60-55-31-10-4-22-47(55)48-23-5-11-32-56(48)60/h1-38H. The van der Waals surface area contributed by atoms with Gasteiger partial charge in [-0.15, -0.1) is 11.3 Å². The molecule has 0 amide bonds. The topological polar surface area (TPSA) is 8.17 Å². The number of hydrogen-bond acceptors (Lipinski definition) is 2. The number of benzene rings is 10. The minimum absolute atomic E-state index is 1.09. The molecule has 0 atom stereocenters. The third-order valence-corrected chi connectivity index (χ3v) is 13.4. The molecule has 0 spiro atoms. The van der Waals surface area contributed by atoms with Gasteiger partial charge in [0.1, 0.15) is 0 Å². The number of rotatable bonds is 7. The molecule has 10 aromatic carbocycles. The van der Waals surface area contributed by atoms with Crippen molar-refractivity contribution in [2.75, 3.05) is 4.90 Å². The largest absolute Gasteiger partial charge is 0.310 e. The highest BCUT2D eigenvalue weighted by atomic mass is 32.1. The van der Waals surface area contributed by atoms with Crippen molar-refractivity contribution in [3.63, 3.8) is 0 Å². The number of nitrogens with zero attached hydrogens (tertiary/aromatic N) is 2. The van der Waals surface area contributed by atoms with Crippen LogP contribution in [0.5, 0.6) is 0 Å². The summed E-state index contributed by atoms with van der Waals surface area (Å²) < 4.78 is 5.03. The fourth-order valence-electron chi connectivity index (χ4n) is 9.46. The molecule has 0 unspecified atom stereocenters. The summed E-state index contributed by atoms with van der Waals surface area (Å²) in [6, 6.07) is 84.2. The molecule has 0 N–H and O–H groups in total. The third-order valence-electron chi connectivity index (χ3n) is 12.2. The van der Waals surface area contributed by atoms with Gasteiger partial charge in [-0.05, 0) is 82.1 Å². The molecule has 0 aliphatic rings. The first-order valence-electron chi connectivity index (χ1n) is 20.8. The van der Waals surface area contributed by atoms with E-state index in [9.17, 15) is 0 Å². The Morgan fingerprint density at radius 1 is 0.344 bits per heavy atom. The van der Waals surface area contributed by atoms with Crippen LogP contribution < -0.4 is 4.90 Å². The number of hydrogen-bond donors (Lipinski definition) is 0. The second kappa shape index (κ2) is 14.5. The summed E-state index contributed by atoms with van der Waals surface area (Å²) in [4.78, 5) is 2.44. The first-order valence-corrected chi connectivity index (χ1v) is 21.7. The van der Waals surface area contributed by atoms with Crippen molar-refractivity contribution in [3.8, 4) is 39.1 Å². The lowest BCUT2D eigenvalue weighted by Crippen LogP contribution is -2.11. The molecule has 0 radical (unpaired) electrons. The average molecular weight is 795 g/mol. The van der Waals surface area contributed by atoms with Crippen molar-refractivity contribution >= 4 is 81.1 Å². The SMILES string of the molecule is c1cc(-c2cccc3ccccc23)cc(N(c2ccc(-c3ccccc3-n3c4ccccc4c4ccccc43)cc2)c2ccccc2-c2cccc3c2sc2ccccc23)c1. The monoisotopic (exact) mass is 794 g/mol. The summed E-state index contributed by atoms with van der Waals surface area (Å²) in [5.41, 5.74) is 14.1. The smallest absolute Gasteiger partial charge is 0.0541 e. The number of para-hydroxylation sites is 4. The summed E-state index contributed by atoms with van der Waals surface area (Å²) in [6.07, 6.45) is 0. The predicted octanol–water partition coefficient (Wildman–Crippen LogP) is 16.8. The lowest BCUT2D eigenvalue weighted by atomic mass is 9.96. The van der Waals surface area contributed by atoms with Crippen LogP contribution in [0.3, 0.4) is 0 Å². The Kier molecular flexibility index (Phi) is 8.39. The molecule has 2 nitrogen and oxygen atoms in total. The Morgan fingerprint density at radius 3 is 1.74 bits per heavy atom. The molecule has 2 aromatic heterocycles. The van der Waals surface area contributed by atoms with Crippen LogP contribution >= 0.6 is 11.3 Å². The Morgan fingerprint density at radius 2 is 0.918 bits per heavy atom. The number of anilines is 3. The van der Waals surface area contributed by atoms with E-state index in [0.717, 1.165) is 28.3 Å². The number of aromatic nitrogens is 1. The molecular formula is C58H38N2S. The van der Waals surface area contributed by atoms with Gasteiger partial charge in [0, 0.05) is 59.0 Å². The van der Waals surface area contributed by atoms with Gasteiger partial charge >= 0.3 is 0 Å². The first-order chi connectivity index (χ1) is 30.3. The summed E-state index contributed by atoms with van der Waals surface area (Å²) in [5, 5.41) is 7.60. The first kappa shape index (κ1) is 35.2. The predicted molar refractivity (Wildman–Crippen MR) is 262 cm³/mol. The van der Waals surface area contributed by atoms with Gasteiger partial charge in [-0.3, -0.25) is 0 Å². The second-order valence-electron chi connectivity index (χ2n) is 15.6. The third kappa shape index (κ3) is 5.85. The summed E-state index contributed by atoms with van der Waals surface area (Å²) in [7, 11) is 0. The minimum atomic E-state index is 1.09. The van der Waals surface area contributed by atoms with Crippen LogP contribution in [0.25, 0.3) is 91.8 Å². The minimum Gasteiger partial charge on any atom is -0.310 e. The quantitative estimate of drug-likeness (QED) is 0.156. The van der Waals surface area contributed by atoms with E-state index < -0.39 is 0 Å². The molecule has 0 fully saturated rings. The maximum Gasteiger partial charge on any atom is 0.0541 e. The van der Waals surface area contributed by atoms with E-state index in [1.807, 2.05) is 11.3 Å². The zero-order valence-corrected chi connectivity index (χ0v) is 34.1. The van der Waals surface area contributed by atoms with E-state index >= 15 is 0 Å². The molecule has 0 aliphatic carbocycles. The van der Waals surface area contributed by atoms with Crippen molar-refractivity contribution in [1.82, 2.24) is 4.57 Å². The van der Waals surface area contributed by atoms with Gasteiger partial charge < -0.3 is 9.47 Å². The van der Waals surface area contributed by atoms with Crippen LogP contribution in [0, 0.1) is 0 Å². The van der Waals surface area contributed by atoms with Gasteiger partial charge in [0.05, 0.1) is 22.4 Å². The van der Waals surface area contributed by atoms with E-state index in [-0.39, 0.29) is 0 Å². The lowest BCUT2D eigenvalue weighted by molar-refractivity contribution is 1.18. The van der Waals surface area contributed by atoms with Gasteiger partial charge in [0.25, 0.3) is 0 Å². The molecule has 12 rings (SSSR count). The van der Waals surface area contributed by atoms with E-state index in [1.165, 1.54) is 80.6 Å². The van der Waals surface area contributed by atoms with Crippen LogP contribution in [-0.4, -0.2) is 4.57 Å². The lowest BCUT2D eigenvalue weighted by Gasteiger charge is -2.29. The zero-order chi connectivity index (χ0) is 40.3. The van der Waals surface area contributed by atoms with Gasteiger partial charge in [-0.25, -0.2) is 0 Å². The van der Waals surface area contributed by atoms with Crippen molar-refractivity contribution < 1.29 is 0 Å². The van der Waals surface area contributed by atoms with E-state index in [0.29, 0.717) is 0 Å². The van der Waals surface area contributed by atoms with Gasteiger partial charge in [0.2, 0.25) is 0 Å². The molecule has 3 heteroatoms. The molecule has 61 heavy (non-hydrogen) atoms. The van der Waals surface area contributed by atoms with Crippen molar-refractivity contribution in [2.24, 2.45) is 0 Å². The fraction of sp³-hybridized carbons (Fsp3) is 0. The zero-order valence-electron chi connectivity index (χ0n) is 33.2.